The van der Waals surface area contributed by atoms with Gasteiger partial charge in [-0.25, -0.2) is 4.39 Å². The molecule has 20 heavy (non-hydrogen) atoms. The molecule has 0 unspecified atom stereocenters. The number of anilines is 1. The molecule has 1 N–H and O–H groups in total. The minimum atomic E-state index is -0.652. The smallest absolute Gasteiger partial charge is 0.261 e. The summed E-state index contributed by atoms with van der Waals surface area (Å²) in [5.41, 5.74) is 0.430. The average Bonchev–Trinajstić information content (AvgIpc) is 2.85. The van der Waals surface area contributed by atoms with E-state index in [2.05, 4.69) is 15.5 Å². The van der Waals surface area contributed by atoms with Gasteiger partial charge >= 0.3 is 0 Å². The number of nitrogens with zero attached hydrogens (tertiary/aromatic N) is 3. The first kappa shape index (κ1) is 12.6. The summed E-state index contributed by atoms with van der Waals surface area (Å²) in [5.74, 6) is -1.08. The third-order valence-corrected chi connectivity index (χ3v) is 2.95. The summed E-state index contributed by atoms with van der Waals surface area (Å²) in [6, 6.07) is 9.08. The van der Waals surface area contributed by atoms with Crippen molar-refractivity contribution in [1.29, 1.82) is 0 Å². The molecule has 0 radical (unpaired) electrons. The number of nitrogens with one attached hydrogen (secondary N) is 1. The fourth-order valence-corrected chi connectivity index (χ4v) is 1.94. The molecule has 2 aromatic heterocycles. The molecule has 3 rings (SSSR count). The summed E-state index contributed by atoms with van der Waals surface area (Å²) in [4.78, 5) is 12.0. The minimum Gasteiger partial charge on any atom is -0.290 e. The highest BCUT2D eigenvalue weighted by molar-refractivity contribution is 6.31. The van der Waals surface area contributed by atoms with Crippen LogP contribution in [0.25, 0.3) is 5.65 Å². The van der Waals surface area contributed by atoms with E-state index in [4.69, 9.17) is 11.6 Å². The number of hydrogen-bond donors (Lipinski definition) is 1. The van der Waals surface area contributed by atoms with Gasteiger partial charge in [0, 0.05) is 11.2 Å². The van der Waals surface area contributed by atoms with Gasteiger partial charge in [-0.15, -0.1) is 10.2 Å². The molecule has 3 aromatic rings. The van der Waals surface area contributed by atoms with Gasteiger partial charge in [-0.2, -0.15) is 0 Å². The Hall–Kier alpha value is -2.47. The second-order valence-electron chi connectivity index (χ2n) is 4.03. The van der Waals surface area contributed by atoms with Gasteiger partial charge in [0.15, 0.2) is 5.65 Å². The number of halogens is 2. The Balaban J connectivity index is 1.94. The van der Waals surface area contributed by atoms with Crippen LogP contribution in [-0.4, -0.2) is 20.5 Å². The van der Waals surface area contributed by atoms with Crippen molar-refractivity contribution < 1.29 is 9.18 Å². The number of fused-ring (bicyclic) bond motifs is 1. The summed E-state index contributed by atoms with van der Waals surface area (Å²) in [6.07, 6.45) is 1.69. The standard InChI is InChI=1S/C13H8ClFN4O/c14-8-4-5-10(15)9(7-8)12(20)16-13-18-17-11-3-1-2-6-19(11)13/h1-7H,(H,16,18,20). The fourth-order valence-electron chi connectivity index (χ4n) is 1.77. The molecular weight excluding hydrogens is 283 g/mol. The highest BCUT2D eigenvalue weighted by Crippen LogP contribution is 2.16. The molecule has 0 bridgehead atoms. The molecule has 0 saturated heterocycles. The molecule has 5 nitrogen and oxygen atoms in total. The number of hydrogen-bond acceptors (Lipinski definition) is 3. The van der Waals surface area contributed by atoms with E-state index in [-0.39, 0.29) is 16.5 Å². The summed E-state index contributed by atoms with van der Waals surface area (Å²) < 4.78 is 15.2. The summed E-state index contributed by atoms with van der Waals surface area (Å²) in [7, 11) is 0. The van der Waals surface area contributed by atoms with E-state index in [9.17, 15) is 9.18 Å². The lowest BCUT2D eigenvalue weighted by Crippen LogP contribution is -2.15. The van der Waals surface area contributed by atoms with Crippen LogP contribution < -0.4 is 5.32 Å². The molecule has 0 aliphatic heterocycles. The highest BCUT2D eigenvalue weighted by Gasteiger charge is 2.15. The van der Waals surface area contributed by atoms with Crippen molar-refractivity contribution in [1.82, 2.24) is 14.6 Å². The molecule has 7 heteroatoms. The zero-order valence-electron chi connectivity index (χ0n) is 10.0. The van der Waals surface area contributed by atoms with Crippen LogP contribution in [0.3, 0.4) is 0 Å². The van der Waals surface area contributed by atoms with Crippen molar-refractivity contribution >= 4 is 29.1 Å². The second-order valence-corrected chi connectivity index (χ2v) is 4.47. The second kappa shape index (κ2) is 4.90. The number of amides is 1. The van der Waals surface area contributed by atoms with Crippen LogP contribution in [0.1, 0.15) is 10.4 Å². The van der Waals surface area contributed by atoms with Gasteiger partial charge < -0.3 is 0 Å². The Labute approximate surface area is 118 Å². The number of rotatable bonds is 2. The van der Waals surface area contributed by atoms with Gasteiger partial charge in [-0.1, -0.05) is 17.7 Å². The Morgan fingerprint density at radius 2 is 2.10 bits per heavy atom. The van der Waals surface area contributed by atoms with E-state index in [0.717, 1.165) is 6.07 Å². The monoisotopic (exact) mass is 290 g/mol. The van der Waals surface area contributed by atoms with Gasteiger partial charge in [0.25, 0.3) is 5.91 Å². The molecule has 0 saturated carbocycles. The normalized spacial score (nSPS) is 10.7. The van der Waals surface area contributed by atoms with Crippen LogP contribution in [0.5, 0.6) is 0 Å². The lowest BCUT2D eigenvalue weighted by atomic mass is 10.2. The largest absolute Gasteiger partial charge is 0.290 e. The molecule has 0 fully saturated rings. The van der Waals surface area contributed by atoms with Crippen molar-refractivity contribution in [2.24, 2.45) is 0 Å². The van der Waals surface area contributed by atoms with E-state index in [1.807, 2.05) is 0 Å². The topological polar surface area (TPSA) is 59.3 Å². The Morgan fingerprint density at radius 1 is 1.25 bits per heavy atom. The van der Waals surface area contributed by atoms with Gasteiger partial charge in [0.1, 0.15) is 5.82 Å². The first-order valence-corrected chi connectivity index (χ1v) is 6.09. The van der Waals surface area contributed by atoms with Crippen LogP contribution in [-0.2, 0) is 0 Å². The van der Waals surface area contributed by atoms with E-state index in [1.54, 1.807) is 28.8 Å². The molecule has 0 aliphatic carbocycles. The molecular formula is C13H8ClFN4O. The quantitative estimate of drug-likeness (QED) is 0.789. The maximum Gasteiger partial charge on any atom is 0.261 e. The number of aromatic nitrogens is 3. The van der Waals surface area contributed by atoms with Gasteiger partial charge in [0.05, 0.1) is 5.56 Å². The number of carbonyl (C=O) groups is 1. The first-order chi connectivity index (χ1) is 9.65. The third-order valence-electron chi connectivity index (χ3n) is 2.71. The minimum absolute atomic E-state index is 0.148. The maximum atomic E-state index is 13.6. The van der Waals surface area contributed by atoms with Crippen LogP contribution in [0, 0.1) is 5.82 Å². The molecule has 1 amide bonds. The number of carbonyl (C=O) groups excluding carboxylic acids is 1. The van der Waals surface area contributed by atoms with E-state index in [1.165, 1.54) is 12.1 Å². The third kappa shape index (κ3) is 2.21. The lowest BCUT2D eigenvalue weighted by molar-refractivity contribution is 0.102. The van der Waals surface area contributed by atoms with Gasteiger partial charge in [0.2, 0.25) is 5.95 Å². The van der Waals surface area contributed by atoms with Gasteiger partial charge in [-0.05, 0) is 30.3 Å². The van der Waals surface area contributed by atoms with E-state index >= 15 is 0 Å². The zero-order valence-corrected chi connectivity index (χ0v) is 10.8. The molecule has 0 spiro atoms. The van der Waals surface area contributed by atoms with Crippen molar-refractivity contribution in [2.45, 2.75) is 0 Å². The van der Waals surface area contributed by atoms with Gasteiger partial charge in [-0.3, -0.25) is 14.5 Å². The van der Waals surface area contributed by atoms with Crippen LogP contribution in [0.15, 0.2) is 42.6 Å². The average molecular weight is 291 g/mol. The number of benzene rings is 1. The van der Waals surface area contributed by atoms with Crippen LogP contribution >= 0.6 is 11.6 Å². The summed E-state index contributed by atoms with van der Waals surface area (Å²) >= 11 is 5.76. The Bertz CT molecular complexity index is 802. The number of pyridine rings is 1. The molecule has 0 atom stereocenters. The first-order valence-electron chi connectivity index (χ1n) is 5.71. The Morgan fingerprint density at radius 3 is 2.95 bits per heavy atom. The summed E-state index contributed by atoms with van der Waals surface area (Å²) in [6.45, 7) is 0. The lowest BCUT2D eigenvalue weighted by Gasteiger charge is -2.04. The fraction of sp³-hybridized carbons (Fsp3) is 0. The molecule has 100 valence electrons. The van der Waals surface area contributed by atoms with E-state index < -0.39 is 11.7 Å². The van der Waals surface area contributed by atoms with Crippen LogP contribution in [0.2, 0.25) is 5.02 Å². The highest BCUT2D eigenvalue weighted by atomic mass is 35.5. The zero-order chi connectivity index (χ0) is 14.1. The molecule has 1 aromatic carbocycles. The Kier molecular flexibility index (Phi) is 3.08. The van der Waals surface area contributed by atoms with Crippen molar-refractivity contribution in [3.05, 3.63) is 59.0 Å². The summed E-state index contributed by atoms with van der Waals surface area (Å²) in [5, 5.41) is 10.5. The van der Waals surface area contributed by atoms with Crippen molar-refractivity contribution in [3.8, 4) is 0 Å². The maximum absolute atomic E-state index is 13.6. The SMILES string of the molecule is O=C(Nc1nnc2ccccn12)c1cc(Cl)ccc1F. The van der Waals surface area contributed by atoms with Crippen molar-refractivity contribution in [2.75, 3.05) is 5.32 Å². The van der Waals surface area contributed by atoms with Crippen LogP contribution in [0.4, 0.5) is 10.3 Å². The van der Waals surface area contributed by atoms with Crippen molar-refractivity contribution in [3.63, 3.8) is 0 Å². The molecule has 0 aliphatic rings. The predicted octanol–water partition coefficient (Wildman–Crippen LogP) is 2.77. The molecule has 2 heterocycles. The predicted molar refractivity (Wildman–Crippen MR) is 72.4 cm³/mol. The van der Waals surface area contributed by atoms with E-state index in [0.29, 0.717) is 5.65 Å².